The Morgan fingerprint density at radius 2 is 2.00 bits per heavy atom. The summed E-state index contributed by atoms with van der Waals surface area (Å²) in [5.41, 5.74) is 5.79. The van der Waals surface area contributed by atoms with Crippen LogP contribution in [-0.2, 0) is 22.6 Å². The SMILES string of the molecule is COC(=O)CSC/C=C1\CCCc2c(OCc3ccc4ccccc4n3)cccc21. The van der Waals surface area contributed by atoms with E-state index in [4.69, 9.17) is 14.5 Å². The number of carbonyl (C=O) groups is 1. The summed E-state index contributed by atoms with van der Waals surface area (Å²) in [5, 5.41) is 1.14. The minimum atomic E-state index is -0.180. The standard InChI is InChI=1S/C25H25NO3S/c1-28-25(27)17-30-15-14-18-7-4-9-22-21(18)8-5-11-24(22)29-16-20-13-12-19-6-2-3-10-23(19)26-20/h2-3,5-6,8,10-14H,4,7,9,15-17H2,1H3/b18-14+. The summed E-state index contributed by atoms with van der Waals surface area (Å²) in [5.74, 6) is 1.95. The van der Waals surface area contributed by atoms with Crippen LogP contribution in [-0.4, -0.2) is 29.6 Å². The number of nitrogens with zero attached hydrogens (tertiary/aromatic N) is 1. The van der Waals surface area contributed by atoms with Gasteiger partial charge in [-0.05, 0) is 48.6 Å². The van der Waals surface area contributed by atoms with Gasteiger partial charge in [0.1, 0.15) is 12.4 Å². The van der Waals surface area contributed by atoms with Crippen molar-refractivity contribution in [1.82, 2.24) is 4.98 Å². The zero-order valence-electron chi connectivity index (χ0n) is 17.1. The highest BCUT2D eigenvalue weighted by Crippen LogP contribution is 2.36. The fourth-order valence-electron chi connectivity index (χ4n) is 3.76. The lowest BCUT2D eigenvalue weighted by Crippen LogP contribution is -2.07. The number of thioether (sulfide) groups is 1. The molecule has 0 amide bonds. The molecule has 4 rings (SSSR count). The van der Waals surface area contributed by atoms with Crippen LogP contribution in [0.5, 0.6) is 5.75 Å². The molecule has 30 heavy (non-hydrogen) atoms. The molecule has 2 aromatic carbocycles. The van der Waals surface area contributed by atoms with Crippen molar-refractivity contribution < 1.29 is 14.3 Å². The van der Waals surface area contributed by atoms with Gasteiger partial charge in [0.25, 0.3) is 0 Å². The van der Waals surface area contributed by atoms with Gasteiger partial charge in [-0.15, -0.1) is 11.8 Å². The summed E-state index contributed by atoms with van der Waals surface area (Å²) in [6.07, 6.45) is 5.42. The minimum absolute atomic E-state index is 0.180. The van der Waals surface area contributed by atoms with Crippen molar-refractivity contribution in [2.75, 3.05) is 18.6 Å². The van der Waals surface area contributed by atoms with Crippen molar-refractivity contribution in [1.29, 1.82) is 0 Å². The molecule has 0 radical (unpaired) electrons. The largest absolute Gasteiger partial charge is 0.487 e. The zero-order valence-corrected chi connectivity index (χ0v) is 17.9. The lowest BCUT2D eigenvalue weighted by Gasteiger charge is -2.22. The van der Waals surface area contributed by atoms with Crippen molar-refractivity contribution in [3.05, 3.63) is 77.5 Å². The normalized spacial score (nSPS) is 14.5. The molecule has 3 aromatic rings. The van der Waals surface area contributed by atoms with Crippen molar-refractivity contribution in [2.24, 2.45) is 0 Å². The Labute approximate surface area is 181 Å². The average Bonchev–Trinajstić information content (AvgIpc) is 2.80. The molecule has 0 saturated carbocycles. The number of rotatable bonds is 7. The van der Waals surface area contributed by atoms with Gasteiger partial charge in [0, 0.05) is 16.7 Å². The number of methoxy groups -OCH3 is 1. The summed E-state index contributed by atoms with van der Waals surface area (Å²) < 4.78 is 10.9. The van der Waals surface area contributed by atoms with Crippen LogP contribution < -0.4 is 4.74 Å². The third-order valence-electron chi connectivity index (χ3n) is 5.28. The van der Waals surface area contributed by atoms with Crippen LogP contribution in [0, 0.1) is 0 Å². The molecule has 1 heterocycles. The van der Waals surface area contributed by atoms with Crippen molar-refractivity contribution in [2.45, 2.75) is 25.9 Å². The Morgan fingerprint density at radius 1 is 1.10 bits per heavy atom. The third-order valence-corrected chi connectivity index (χ3v) is 6.12. The molecule has 1 aliphatic rings. The molecule has 0 aliphatic heterocycles. The second kappa shape index (κ2) is 9.81. The number of ether oxygens (including phenoxy) is 2. The number of pyridine rings is 1. The molecule has 0 bridgehead atoms. The van der Waals surface area contributed by atoms with Crippen LogP contribution >= 0.6 is 11.8 Å². The molecule has 5 heteroatoms. The zero-order chi connectivity index (χ0) is 20.8. The molecule has 0 fully saturated rings. The topological polar surface area (TPSA) is 48.4 Å². The second-order valence-electron chi connectivity index (χ2n) is 7.24. The predicted molar refractivity (Wildman–Crippen MR) is 123 cm³/mol. The third kappa shape index (κ3) is 4.85. The van der Waals surface area contributed by atoms with Crippen molar-refractivity contribution in [3.8, 4) is 5.75 Å². The highest BCUT2D eigenvalue weighted by molar-refractivity contribution is 8.00. The van der Waals surface area contributed by atoms with Gasteiger partial charge in [-0.3, -0.25) is 4.79 Å². The van der Waals surface area contributed by atoms with E-state index in [2.05, 4.69) is 36.4 Å². The number of esters is 1. The first kappa shape index (κ1) is 20.5. The van der Waals surface area contributed by atoms with Crippen LogP contribution in [0.4, 0.5) is 0 Å². The summed E-state index contributed by atoms with van der Waals surface area (Å²) in [4.78, 5) is 16.0. The van der Waals surface area contributed by atoms with E-state index in [0.717, 1.165) is 47.4 Å². The molecule has 0 spiro atoms. The molecular weight excluding hydrogens is 394 g/mol. The van der Waals surface area contributed by atoms with Gasteiger partial charge in [0.2, 0.25) is 0 Å². The van der Waals surface area contributed by atoms with Crippen LogP contribution in [0.1, 0.15) is 29.7 Å². The van der Waals surface area contributed by atoms with Crippen LogP contribution in [0.25, 0.3) is 16.5 Å². The number of fused-ring (bicyclic) bond motifs is 2. The number of hydrogen-bond donors (Lipinski definition) is 0. The number of allylic oxidation sites excluding steroid dienone is 1. The Morgan fingerprint density at radius 3 is 2.90 bits per heavy atom. The first-order valence-corrected chi connectivity index (χ1v) is 11.3. The van der Waals surface area contributed by atoms with Crippen molar-refractivity contribution in [3.63, 3.8) is 0 Å². The summed E-state index contributed by atoms with van der Waals surface area (Å²) in [6.45, 7) is 0.454. The van der Waals surface area contributed by atoms with Gasteiger partial charge in [-0.25, -0.2) is 4.98 Å². The van der Waals surface area contributed by atoms with Gasteiger partial charge in [-0.1, -0.05) is 42.5 Å². The number of benzene rings is 2. The molecule has 0 atom stereocenters. The quantitative estimate of drug-likeness (QED) is 0.377. The molecule has 1 aliphatic carbocycles. The van der Waals surface area contributed by atoms with Crippen LogP contribution in [0.15, 0.2) is 60.7 Å². The molecule has 154 valence electrons. The van der Waals surface area contributed by atoms with Gasteiger partial charge in [0.05, 0.1) is 24.1 Å². The van der Waals surface area contributed by atoms with Crippen LogP contribution in [0.3, 0.4) is 0 Å². The summed E-state index contributed by atoms with van der Waals surface area (Å²) >= 11 is 1.58. The maximum Gasteiger partial charge on any atom is 0.315 e. The molecule has 0 N–H and O–H groups in total. The van der Waals surface area contributed by atoms with Gasteiger partial charge >= 0.3 is 5.97 Å². The number of hydrogen-bond acceptors (Lipinski definition) is 5. The fraction of sp³-hybridized carbons (Fsp3) is 0.280. The maximum absolute atomic E-state index is 11.3. The van der Waals surface area contributed by atoms with E-state index in [0.29, 0.717) is 12.4 Å². The number of carbonyl (C=O) groups excluding carboxylic acids is 1. The first-order valence-electron chi connectivity index (χ1n) is 10.2. The van der Waals surface area contributed by atoms with E-state index in [9.17, 15) is 4.79 Å². The number of para-hydroxylation sites is 1. The Balaban J connectivity index is 1.46. The smallest absolute Gasteiger partial charge is 0.315 e. The second-order valence-corrected chi connectivity index (χ2v) is 8.27. The molecule has 0 unspecified atom stereocenters. The van der Waals surface area contributed by atoms with E-state index in [1.165, 1.54) is 23.8 Å². The van der Waals surface area contributed by atoms with Gasteiger partial charge < -0.3 is 9.47 Å². The lowest BCUT2D eigenvalue weighted by atomic mass is 9.87. The Kier molecular flexibility index (Phi) is 6.70. The van der Waals surface area contributed by atoms with E-state index < -0.39 is 0 Å². The molecule has 4 nitrogen and oxygen atoms in total. The van der Waals surface area contributed by atoms with Gasteiger partial charge in [-0.2, -0.15) is 0 Å². The Hall–Kier alpha value is -2.79. The lowest BCUT2D eigenvalue weighted by molar-refractivity contribution is -0.137. The summed E-state index contributed by atoms with van der Waals surface area (Å²) in [6, 6.07) is 18.5. The monoisotopic (exact) mass is 419 g/mol. The predicted octanol–water partition coefficient (Wildman–Crippen LogP) is 5.44. The number of aromatic nitrogens is 1. The summed E-state index contributed by atoms with van der Waals surface area (Å²) in [7, 11) is 1.42. The fourth-order valence-corrected chi connectivity index (χ4v) is 4.48. The molecule has 1 aromatic heterocycles. The van der Waals surface area contributed by atoms with E-state index in [1.807, 2.05) is 24.3 Å². The minimum Gasteiger partial charge on any atom is -0.487 e. The van der Waals surface area contributed by atoms with Crippen LogP contribution in [0.2, 0.25) is 0 Å². The molecular formula is C25H25NO3S. The highest BCUT2D eigenvalue weighted by atomic mass is 32.2. The average molecular weight is 420 g/mol. The van der Waals surface area contributed by atoms with Crippen molar-refractivity contribution >= 4 is 34.2 Å². The van der Waals surface area contributed by atoms with E-state index >= 15 is 0 Å². The maximum atomic E-state index is 11.3. The van der Waals surface area contributed by atoms with Gasteiger partial charge in [0.15, 0.2) is 0 Å². The Bertz CT molecular complexity index is 1080. The van der Waals surface area contributed by atoms with E-state index in [1.54, 1.807) is 11.8 Å². The highest BCUT2D eigenvalue weighted by Gasteiger charge is 2.18. The van der Waals surface area contributed by atoms with E-state index in [-0.39, 0.29) is 5.97 Å². The first-order chi connectivity index (χ1) is 14.7. The molecule has 0 saturated heterocycles.